The second-order valence-electron chi connectivity index (χ2n) is 8.66. The molecular weight excluding hydrogens is 522 g/mol. The van der Waals surface area contributed by atoms with Crippen LogP contribution in [0.1, 0.15) is 18.4 Å². The van der Waals surface area contributed by atoms with Crippen molar-refractivity contribution in [2.24, 2.45) is 0 Å². The molecule has 0 bridgehead atoms. The number of amides is 1. The monoisotopic (exact) mass is 551 g/mol. The fourth-order valence-electron chi connectivity index (χ4n) is 4.03. The number of rotatable bonds is 10. The molecule has 11 heteroatoms. The average molecular weight is 552 g/mol. The molecule has 1 saturated heterocycles. The van der Waals surface area contributed by atoms with Gasteiger partial charge in [-0.3, -0.25) is 14.6 Å². The van der Waals surface area contributed by atoms with E-state index in [1.54, 1.807) is 48.4 Å². The highest BCUT2D eigenvalue weighted by molar-refractivity contribution is 7.91. The molecule has 194 valence electrons. The topological polar surface area (TPSA) is 89.0 Å². The maximum atomic E-state index is 13.4. The molecule has 2 aromatic carbocycles. The Morgan fingerprint density at radius 1 is 1.19 bits per heavy atom. The second kappa shape index (κ2) is 11.9. The molecule has 4 rings (SSSR count). The van der Waals surface area contributed by atoms with Crippen molar-refractivity contribution in [3.63, 3.8) is 0 Å². The zero-order valence-corrected chi connectivity index (χ0v) is 22.8. The number of sulfone groups is 1. The smallest absolute Gasteiger partial charge is 0.228 e. The van der Waals surface area contributed by atoms with Gasteiger partial charge >= 0.3 is 0 Å². The summed E-state index contributed by atoms with van der Waals surface area (Å²) in [5.74, 6) is 0.316. The summed E-state index contributed by atoms with van der Waals surface area (Å²) in [7, 11) is -1.90. The van der Waals surface area contributed by atoms with E-state index < -0.39 is 9.84 Å². The molecule has 0 unspecified atom stereocenters. The lowest BCUT2D eigenvalue weighted by atomic mass is 10.2. The summed E-state index contributed by atoms with van der Waals surface area (Å²) < 4.78 is 37.1. The van der Waals surface area contributed by atoms with Crippen molar-refractivity contribution < 1.29 is 22.7 Å². The Hall–Kier alpha value is -2.24. The Morgan fingerprint density at radius 3 is 2.61 bits per heavy atom. The SMILES string of the molecule is COc1ccc(Cl)c2sc(N(CCN3CCOCC3)C(=O)CCCS(=O)(=O)c3ccc(C)cc3)nc12. The highest BCUT2D eigenvalue weighted by atomic mass is 35.5. The maximum absolute atomic E-state index is 13.4. The minimum absolute atomic E-state index is 0.0923. The van der Waals surface area contributed by atoms with Crippen molar-refractivity contribution in [1.29, 1.82) is 0 Å². The van der Waals surface area contributed by atoms with Crippen LogP contribution in [0.4, 0.5) is 5.13 Å². The lowest BCUT2D eigenvalue weighted by Crippen LogP contribution is -2.43. The van der Waals surface area contributed by atoms with Crippen LogP contribution in [0.25, 0.3) is 10.2 Å². The van der Waals surface area contributed by atoms with Crippen LogP contribution in [0.2, 0.25) is 5.02 Å². The molecule has 1 fully saturated rings. The number of morpholine rings is 1. The van der Waals surface area contributed by atoms with Crippen molar-refractivity contribution in [2.75, 3.05) is 57.2 Å². The number of hydrogen-bond donors (Lipinski definition) is 0. The van der Waals surface area contributed by atoms with Crippen molar-refractivity contribution >= 4 is 54.0 Å². The van der Waals surface area contributed by atoms with Crippen LogP contribution in [-0.2, 0) is 19.4 Å². The first-order chi connectivity index (χ1) is 17.3. The van der Waals surface area contributed by atoms with E-state index in [0.29, 0.717) is 47.7 Å². The second-order valence-corrected chi connectivity index (χ2v) is 12.2. The van der Waals surface area contributed by atoms with E-state index in [-0.39, 0.29) is 29.4 Å². The van der Waals surface area contributed by atoms with E-state index in [0.717, 1.165) is 23.4 Å². The van der Waals surface area contributed by atoms with Crippen LogP contribution >= 0.6 is 22.9 Å². The zero-order valence-electron chi connectivity index (χ0n) is 20.4. The van der Waals surface area contributed by atoms with E-state index in [1.165, 1.54) is 11.3 Å². The van der Waals surface area contributed by atoms with Crippen LogP contribution < -0.4 is 9.64 Å². The lowest BCUT2D eigenvalue weighted by Gasteiger charge is -2.29. The van der Waals surface area contributed by atoms with Crippen molar-refractivity contribution in [3.05, 3.63) is 47.0 Å². The predicted octanol–water partition coefficient (Wildman–Crippen LogP) is 4.19. The first-order valence-electron chi connectivity index (χ1n) is 11.8. The highest BCUT2D eigenvalue weighted by Crippen LogP contribution is 2.39. The van der Waals surface area contributed by atoms with Crippen molar-refractivity contribution in [3.8, 4) is 5.75 Å². The van der Waals surface area contributed by atoms with Gasteiger partial charge in [-0.05, 0) is 37.6 Å². The van der Waals surface area contributed by atoms with Crippen LogP contribution in [0, 0.1) is 6.92 Å². The van der Waals surface area contributed by atoms with Crippen molar-refractivity contribution in [1.82, 2.24) is 9.88 Å². The van der Waals surface area contributed by atoms with Crippen molar-refractivity contribution in [2.45, 2.75) is 24.7 Å². The van der Waals surface area contributed by atoms with E-state index >= 15 is 0 Å². The van der Waals surface area contributed by atoms with Crippen LogP contribution in [0.3, 0.4) is 0 Å². The van der Waals surface area contributed by atoms with Gasteiger partial charge in [-0.25, -0.2) is 13.4 Å². The van der Waals surface area contributed by atoms with Gasteiger partial charge in [-0.15, -0.1) is 0 Å². The minimum Gasteiger partial charge on any atom is -0.494 e. The van der Waals surface area contributed by atoms with Gasteiger partial charge in [0.15, 0.2) is 15.0 Å². The van der Waals surface area contributed by atoms with E-state index in [4.69, 9.17) is 26.1 Å². The molecule has 3 aromatic rings. The number of methoxy groups -OCH3 is 1. The van der Waals surface area contributed by atoms with E-state index in [2.05, 4.69) is 4.90 Å². The van der Waals surface area contributed by atoms with Crippen LogP contribution in [-0.4, -0.2) is 76.5 Å². The lowest BCUT2D eigenvalue weighted by molar-refractivity contribution is -0.118. The number of hydrogen-bond acceptors (Lipinski definition) is 8. The normalized spacial score (nSPS) is 14.8. The fraction of sp³-hybridized carbons (Fsp3) is 0.440. The molecule has 0 radical (unpaired) electrons. The van der Waals surface area contributed by atoms with Gasteiger partial charge in [0.25, 0.3) is 0 Å². The maximum Gasteiger partial charge on any atom is 0.228 e. The number of thiazole rings is 1. The van der Waals surface area contributed by atoms with Gasteiger partial charge in [-0.1, -0.05) is 40.6 Å². The first-order valence-corrected chi connectivity index (χ1v) is 14.7. The fourth-order valence-corrected chi connectivity index (χ4v) is 6.64. The Balaban J connectivity index is 1.51. The third kappa shape index (κ3) is 6.36. The first kappa shape index (κ1) is 26.8. The van der Waals surface area contributed by atoms with Gasteiger partial charge in [-0.2, -0.15) is 0 Å². The molecule has 0 saturated carbocycles. The quantitative estimate of drug-likeness (QED) is 0.373. The number of benzene rings is 2. The summed E-state index contributed by atoms with van der Waals surface area (Å²) in [5, 5.41) is 1.07. The predicted molar refractivity (Wildman–Crippen MR) is 143 cm³/mol. The van der Waals surface area contributed by atoms with Gasteiger partial charge in [0, 0.05) is 32.6 Å². The van der Waals surface area contributed by atoms with Gasteiger partial charge in [0.2, 0.25) is 5.91 Å². The molecule has 1 aromatic heterocycles. The largest absolute Gasteiger partial charge is 0.494 e. The Labute approximate surface area is 220 Å². The molecule has 36 heavy (non-hydrogen) atoms. The number of fused-ring (bicyclic) bond motifs is 1. The molecule has 1 aliphatic rings. The standard InChI is InChI=1S/C25H30ClN3O5S2/c1-18-5-7-19(8-6-18)36(31,32)17-3-4-22(30)29(12-11-28-13-15-34-16-14-28)25-27-23-21(33-2)10-9-20(26)24(23)35-25/h5-10H,3-4,11-17H2,1-2H3. The molecular formula is C25H30ClN3O5S2. The number of anilines is 1. The summed E-state index contributed by atoms with van der Waals surface area (Å²) in [6.07, 6.45) is 0.313. The molecule has 0 N–H and O–H groups in total. The number of nitrogens with zero attached hydrogens (tertiary/aromatic N) is 3. The molecule has 0 atom stereocenters. The molecule has 1 aliphatic heterocycles. The third-order valence-electron chi connectivity index (χ3n) is 6.13. The number of aryl methyl sites for hydroxylation is 1. The highest BCUT2D eigenvalue weighted by Gasteiger charge is 2.24. The molecule has 8 nitrogen and oxygen atoms in total. The number of carbonyl (C=O) groups excluding carboxylic acids is 1. The van der Waals surface area contributed by atoms with E-state index in [9.17, 15) is 13.2 Å². The minimum atomic E-state index is -3.47. The molecule has 1 amide bonds. The van der Waals surface area contributed by atoms with Gasteiger partial charge in [0.05, 0.1) is 40.7 Å². The third-order valence-corrected chi connectivity index (χ3v) is 9.48. The average Bonchev–Trinajstić information content (AvgIpc) is 3.31. The summed E-state index contributed by atoms with van der Waals surface area (Å²) in [4.78, 5) is 22.3. The Kier molecular flexibility index (Phi) is 8.84. The van der Waals surface area contributed by atoms with Gasteiger partial charge in [0.1, 0.15) is 11.3 Å². The molecule has 2 heterocycles. The van der Waals surface area contributed by atoms with Crippen LogP contribution in [0.15, 0.2) is 41.3 Å². The summed E-state index contributed by atoms with van der Waals surface area (Å²) >= 11 is 7.74. The molecule has 0 spiro atoms. The van der Waals surface area contributed by atoms with Gasteiger partial charge < -0.3 is 9.47 Å². The number of aromatic nitrogens is 1. The Bertz CT molecular complexity index is 1310. The number of carbonyl (C=O) groups is 1. The Morgan fingerprint density at radius 2 is 1.92 bits per heavy atom. The summed E-state index contributed by atoms with van der Waals surface area (Å²) in [5.41, 5.74) is 1.60. The number of halogens is 1. The summed E-state index contributed by atoms with van der Waals surface area (Å²) in [6.45, 7) is 5.94. The van der Waals surface area contributed by atoms with E-state index in [1.807, 2.05) is 6.92 Å². The number of ether oxygens (including phenoxy) is 2. The summed E-state index contributed by atoms with van der Waals surface area (Å²) in [6, 6.07) is 10.3. The van der Waals surface area contributed by atoms with Crippen LogP contribution in [0.5, 0.6) is 5.75 Å². The molecule has 0 aliphatic carbocycles. The zero-order chi connectivity index (χ0) is 25.7.